The molecule has 2 aromatic heterocycles. The average Bonchev–Trinajstić information content (AvgIpc) is 3.08. The fraction of sp³-hybridized carbons (Fsp3) is 0.349. The Morgan fingerprint density at radius 1 is 0.724 bits per heavy atom. The molecule has 87 heavy (non-hydrogen) atoms. The molecule has 0 radical (unpaired) electrons. The first kappa shape index (κ1) is 55.6. The molecule has 4 aromatic carbocycles. The normalized spacial score (nSPS) is 29.8. The monoisotopic (exact) mass is 1290 g/mol. The number of halogens is 4. The molecule has 9 aliphatic rings. The number of carbonyl (C=O) groups excluding carboxylic acids is 3. The van der Waals surface area contributed by atoms with Crippen molar-refractivity contribution >= 4 is 153 Å². The van der Waals surface area contributed by atoms with Crippen LogP contribution in [0.5, 0.6) is 5.75 Å². The summed E-state index contributed by atoms with van der Waals surface area (Å²) in [5.41, 5.74) is 7.51. The number of hydrogen-bond acceptors (Lipinski definition) is 18. The van der Waals surface area contributed by atoms with E-state index in [1.807, 2.05) is 84.8 Å². The van der Waals surface area contributed by atoms with Gasteiger partial charge in [-0.05, 0) is 126 Å². The molecule has 6 aliphatic heterocycles. The van der Waals surface area contributed by atoms with Crippen molar-refractivity contribution < 1.29 is 28.0 Å². The Morgan fingerprint density at radius 3 is 2.17 bits per heavy atom. The van der Waals surface area contributed by atoms with Crippen LogP contribution in [-0.2, 0) is 14.4 Å². The van der Waals surface area contributed by atoms with E-state index in [0.29, 0.717) is 123 Å². The molecule has 6 aromatic rings. The van der Waals surface area contributed by atoms with Crippen molar-refractivity contribution in [2.75, 3.05) is 22.6 Å². The number of aromatic nitrogens is 2. The minimum Gasteiger partial charge on any atom is -0.448 e. The summed E-state index contributed by atoms with van der Waals surface area (Å²) in [5, 5.41) is 11.1. The molecule has 12 atom stereocenters. The summed E-state index contributed by atoms with van der Waals surface area (Å²) in [6, 6.07) is 22.9. The highest BCUT2D eigenvalue weighted by atomic mass is 79.9. The molecule has 3 fully saturated rings. The number of oxazole rings is 2. The quantitative estimate of drug-likeness (QED) is 0.129. The van der Waals surface area contributed by atoms with Crippen LogP contribution in [0.25, 0.3) is 22.2 Å². The van der Waals surface area contributed by atoms with E-state index >= 15 is 9.59 Å². The van der Waals surface area contributed by atoms with Gasteiger partial charge in [-0.25, -0.2) is 30.0 Å². The van der Waals surface area contributed by atoms with Crippen LogP contribution in [0.15, 0.2) is 152 Å². The first-order valence-electron chi connectivity index (χ1n) is 29.2. The summed E-state index contributed by atoms with van der Waals surface area (Å²) in [6.07, 6.45) is 11.0. The third-order valence-corrected chi connectivity index (χ3v) is 20.0. The summed E-state index contributed by atoms with van der Waals surface area (Å²) < 4.78 is 19.4. The van der Waals surface area contributed by atoms with Crippen LogP contribution in [0.3, 0.4) is 0 Å². The molecule has 0 bridgehead atoms. The topological polar surface area (TPSA) is 251 Å². The minimum atomic E-state index is -0.828. The van der Waals surface area contributed by atoms with E-state index in [1.54, 1.807) is 30.6 Å². The minimum absolute atomic E-state index is 0.0101. The number of ether oxygens (including phenoxy) is 1. The van der Waals surface area contributed by atoms with E-state index < -0.39 is 54.1 Å². The highest BCUT2D eigenvalue weighted by molar-refractivity contribution is 9.18. The Bertz CT molecular complexity index is 4200. The Labute approximate surface area is 521 Å². The maximum Gasteiger partial charge on any atom is 0.302 e. The smallest absolute Gasteiger partial charge is 0.302 e. The van der Waals surface area contributed by atoms with Gasteiger partial charge in [0.15, 0.2) is 22.7 Å². The Hall–Kier alpha value is -7.98. The predicted octanol–water partition coefficient (Wildman–Crippen LogP) is 12.4. The van der Waals surface area contributed by atoms with E-state index in [-0.39, 0.29) is 53.1 Å². The number of aliphatic imine (C=N–C) groups is 8. The largest absolute Gasteiger partial charge is 0.448 e. The van der Waals surface area contributed by atoms with E-state index in [4.69, 9.17) is 83.3 Å². The first-order chi connectivity index (χ1) is 42.3. The number of benzene rings is 4. The van der Waals surface area contributed by atoms with Crippen molar-refractivity contribution in [2.24, 2.45) is 75.4 Å². The lowest BCUT2D eigenvalue weighted by Gasteiger charge is -2.41. The second-order valence-corrected chi connectivity index (χ2v) is 25.3. The number of para-hydroxylation sites is 2. The van der Waals surface area contributed by atoms with Crippen molar-refractivity contribution in [3.05, 3.63) is 130 Å². The van der Waals surface area contributed by atoms with Crippen molar-refractivity contribution in [1.82, 2.24) is 15.3 Å². The summed E-state index contributed by atoms with van der Waals surface area (Å²) >= 11 is 24.0. The number of nitrogens with zero attached hydrogens (tertiary/aromatic N) is 11. The summed E-state index contributed by atoms with van der Waals surface area (Å²) in [6.45, 7) is 2.11. The molecule has 0 saturated heterocycles. The van der Waals surface area contributed by atoms with Crippen LogP contribution in [0.1, 0.15) is 92.9 Å². The predicted molar refractivity (Wildman–Crippen MR) is 341 cm³/mol. The van der Waals surface area contributed by atoms with Gasteiger partial charge in [0, 0.05) is 82.3 Å². The lowest BCUT2D eigenvalue weighted by atomic mass is 9.68. The van der Waals surface area contributed by atoms with Crippen molar-refractivity contribution in [2.45, 2.75) is 94.6 Å². The van der Waals surface area contributed by atoms with Crippen LogP contribution in [0.2, 0.25) is 10.0 Å². The second-order valence-electron chi connectivity index (χ2n) is 23.3. The zero-order valence-electron chi connectivity index (χ0n) is 46.8. The zero-order chi connectivity index (χ0) is 59.4. The van der Waals surface area contributed by atoms with Gasteiger partial charge in [0.1, 0.15) is 27.7 Å². The highest BCUT2D eigenvalue weighted by Gasteiger charge is 2.50. The van der Waals surface area contributed by atoms with E-state index in [1.165, 1.54) is 0 Å². The van der Waals surface area contributed by atoms with Crippen LogP contribution in [-0.4, -0.2) is 97.6 Å². The molecule has 3 saturated carbocycles. The molecule has 0 amide bonds. The average molecular weight is 1290 g/mol. The van der Waals surface area contributed by atoms with Gasteiger partial charge in [-0.1, -0.05) is 84.2 Å². The van der Waals surface area contributed by atoms with E-state index in [0.717, 1.165) is 27.1 Å². The first-order valence-corrected chi connectivity index (χ1v) is 31.1. The number of carbonyl (C=O) groups is 3. The third-order valence-electron chi connectivity index (χ3n) is 18.2. The Balaban J connectivity index is 0.669. The molecule has 3 aliphatic carbocycles. The van der Waals surface area contributed by atoms with Crippen molar-refractivity contribution in [3.8, 4) is 5.75 Å². The molecule has 440 valence electrons. The van der Waals surface area contributed by atoms with Gasteiger partial charge in [-0.15, -0.1) is 0 Å². The summed E-state index contributed by atoms with van der Waals surface area (Å²) in [5.74, 6) is -1.76. The second kappa shape index (κ2) is 22.3. The summed E-state index contributed by atoms with van der Waals surface area (Å²) in [7, 11) is 1.90. The molecule has 12 unspecified atom stereocenters. The highest BCUT2D eigenvalue weighted by Crippen LogP contribution is 2.47. The fourth-order valence-electron chi connectivity index (χ4n) is 13.9. The van der Waals surface area contributed by atoms with Gasteiger partial charge in [-0.2, -0.15) is 15.0 Å². The maximum atomic E-state index is 15.1. The van der Waals surface area contributed by atoms with Gasteiger partial charge in [0.2, 0.25) is 17.9 Å². The van der Waals surface area contributed by atoms with Gasteiger partial charge < -0.3 is 23.8 Å². The summed E-state index contributed by atoms with van der Waals surface area (Å²) in [4.78, 5) is 93.8. The number of fused-ring (bicyclic) bond motifs is 6. The van der Waals surface area contributed by atoms with Crippen molar-refractivity contribution in [1.29, 1.82) is 0 Å². The van der Waals surface area contributed by atoms with Crippen molar-refractivity contribution in [3.63, 3.8) is 0 Å². The van der Waals surface area contributed by atoms with Crippen LogP contribution in [0.4, 0.5) is 17.7 Å². The lowest BCUT2D eigenvalue weighted by Crippen LogP contribution is -2.58. The molecular weight excluding hydrogens is 1240 g/mol. The van der Waals surface area contributed by atoms with Gasteiger partial charge in [0.05, 0.1) is 46.2 Å². The number of Topliss-reactive ketones (excluding diaryl/α,β-unsaturated/α-hetero) is 3. The lowest BCUT2D eigenvalue weighted by molar-refractivity contribution is -0.124. The Kier molecular flexibility index (Phi) is 14.3. The van der Waals surface area contributed by atoms with E-state index in [9.17, 15) is 4.79 Å². The number of rotatable bonds is 8. The number of ketones is 3. The number of guanidine groups is 3. The van der Waals surface area contributed by atoms with Gasteiger partial charge in [-0.3, -0.25) is 30.0 Å². The Morgan fingerprint density at radius 2 is 1.41 bits per heavy atom. The van der Waals surface area contributed by atoms with Gasteiger partial charge >= 0.3 is 12.0 Å². The molecule has 24 heteroatoms. The zero-order valence-corrected chi connectivity index (χ0v) is 50.6. The molecule has 15 rings (SSSR count). The molecule has 0 spiro atoms. The molecule has 20 nitrogen and oxygen atoms in total. The number of nitrogens with one attached hydrogen (secondary N) is 3. The SMILES string of the molecule is CC1C=CN=C(Br)C1C1N=C(Nc2nc3ccccc3o2)N=C2CCC(c3ccc4c(c3)N(C)C(N=C3N=C5CCC(c6ccc7oc(NC8=NC(c9c(Cl)cccc9Cl)C9C(=O)CCCC9=N8)nc7c6)C(=O)C5C(C5CC=CN=C5Cl)N3)O4)C(=O)C21. The number of allylic oxidation sites excluding steroid dienone is 2. The molecular formula is C63H54BrCl3N14O6. The van der Waals surface area contributed by atoms with Crippen LogP contribution in [0, 0.1) is 35.5 Å². The third kappa shape index (κ3) is 10.0. The standard InChI is InChI=1S/C63H54BrCl3N14O6/c1-28-23-25-68-56(64)46(28)52-50-39(71-59(76-52)78-61-73-36-11-3-4-14-43(36)85-61)20-18-32(55(50)84)30-16-22-45-41(27-30)81(2)63(87-45)80-60-72-38-19-17-31(54(83)49(38)51(75-60)33-8-7-24-69-57(33)67)29-15-21-44-40(26-29)74-62(86-44)79-58-70-37-12-6-13-42(82)48(37)53(77-58)47-34(65)9-5-10-35(47)66/h3-5,7,9-11,14-16,21-28,31-33,46,48-53,63H,6,8,12-13,17-20H2,1-2H3,(H,75,80)(H,73,76,78)(H,74,77,79). The fourth-order valence-corrected chi connectivity index (χ4v) is 15.7. The molecule has 3 N–H and O–H groups in total. The van der Waals surface area contributed by atoms with E-state index in [2.05, 4.69) is 53.8 Å². The maximum absolute atomic E-state index is 15.1. The van der Waals surface area contributed by atoms with Crippen LogP contribution >= 0.6 is 50.7 Å². The number of anilines is 3. The number of hydrogen-bond donors (Lipinski definition) is 3. The van der Waals surface area contributed by atoms with Gasteiger partial charge in [0.25, 0.3) is 6.35 Å². The molecule has 8 heterocycles. The van der Waals surface area contributed by atoms with Crippen LogP contribution < -0.4 is 25.6 Å².